The van der Waals surface area contributed by atoms with Crippen LogP contribution in [0.5, 0.6) is 0 Å². The quantitative estimate of drug-likeness (QED) is 0.827. The molecule has 0 fully saturated rings. The fourth-order valence-corrected chi connectivity index (χ4v) is 1.98. The third-order valence-corrected chi connectivity index (χ3v) is 2.74. The number of rotatable bonds is 2. The van der Waals surface area contributed by atoms with Gasteiger partial charge in [-0.05, 0) is 6.92 Å². The Morgan fingerprint density at radius 1 is 1.53 bits per heavy atom. The van der Waals surface area contributed by atoms with E-state index < -0.39 is 34.1 Å². The van der Waals surface area contributed by atoms with Gasteiger partial charge in [-0.3, -0.25) is 9.36 Å². The highest BCUT2D eigenvalue weighted by atomic mass is 32.1. The summed E-state index contributed by atoms with van der Waals surface area (Å²) in [7, 11) is 0. The Morgan fingerprint density at radius 3 is 2.53 bits per heavy atom. The molecule has 0 aliphatic rings. The number of carbonyl (C=O) groups is 1. The fourth-order valence-electron chi connectivity index (χ4n) is 1.13. The molecular weight excluding hydrogens is 259 g/mol. The molecule has 0 saturated carbocycles. The molecular formula is C9H6F3NO3S. The Kier molecular flexibility index (Phi) is 3.63. The van der Waals surface area contributed by atoms with Gasteiger partial charge in [0.1, 0.15) is 4.88 Å². The summed E-state index contributed by atoms with van der Waals surface area (Å²) in [5, 5.41) is 8.61. The largest absolute Gasteiger partial charge is 0.477 e. The first-order valence-corrected chi connectivity index (χ1v) is 5.04. The van der Waals surface area contributed by atoms with E-state index in [1.807, 2.05) is 0 Å². The van der Waals surface area contributed by atoms with Crippen LogP contribution in [0.4, 0.5) is 13.2 Å². The lowest BCUT2D eigenvalue weighted by Crippen LogP contribution is -2.22. The van der Waals surface area contributed by atoms with Gasteiger partial charge in [0, 0.05) is 0 Å². The van der Waals surface area contributed by atoms with Crippen molar-refractivity contribution in [3.05, 3.63) is 20.2 Å². The Morgan fingerprint density at radius 2 is 2.12 bits per heavy atom. The van der Waals surface area contributed by atoms with E-state index in [1.54, 1.807) is 0 Å². The maximum Gasteiger partial charge on any atom is 0.433 e. The van der Waals surface area contributed by atoms with Gasteiger partial charge in [0.15, 0.2) is 5.69 Å². The van der Waals surface area contributed by atoms with Gasteiger partial charge in [-0.25, -0.2) is 4.79 Å². The Balaban J connectivity index is 3.52. The van der Waals surface area contributed by atoms with Gasteiger partial charge < -0.3 is 5.11 Å². The number of carboxylic acid groups (broad SMARTS) is 1. The minimum absolute atomic E-state index is 0.0465. The molecule has 0 aromatic carbocycles. The zero-order chi connectivity index (χ0) is 13.2. The molecule has 0 aliphatic carbocycles. The van der Waals surface area contributed by atoms with Crippen molar-refractivity contribution in [2.45, 2.75) is 19.6 Å². The predicted octanol–water partition coefficient (Wildman–Crippen LogP) is 1.65. The second kappa shape index (κ2) is 4.63. The van der Waals surface area contributed by atoms with Crippen molar-refractivity contribution < 1.29 is 23.1 Å². The molecule has 0 unspecified atom stereocenters. The van der Waals surface area contributed by atoms with Crippen LogP contribution in [0.1, 0.15) is 22.3 Å². The molecule has 0 aliphatic heterocycles. The maximum absolute atomic E-state index is 12.6. The summed E-state index contributed by atoms with van der Waals surface area (Å²) in [6, 6.07) is 0. The van der Waals surface area contributed by atoms with Crippen molar-refractivity contribution in [2.75, 3.05) is 0 Å². The minimum atomic E-state index is -4.90. The zero-order valence-electron chi connectivity index (χ0n) is 8.46. The van der Waals surface area contributed by atoms with E-state index in [9.17, 15) is 22.8 Å². The topological polar surface area (TPSA) is 59.3 Å². The number of aromatic nitrogens is 1. The van der Waals surface area contributed by atoms with E-state index in [-0.39, 0.29) is 11.3 Å². The molecule has 17 heavy (non-hydrogen) atoms. The summed E-state index contributed by atoms with van der Waals surface area (Å²) in [4.78, 5) is 19.9. The molecule has 0 saturated heterocycles. The fraction of sp³-hybridized carbons (Fsp3) is 0.333. The third kappa shape index (κ3) is 2.68. The Hall–Kier alpha value is -1.75. The molecule has 4 nitrogen and oxygen atoms in total. The van der Waals surface area contributed by atoms with Gasteiger partial charge in [-0.15, -0.1) is 5.92 Å². The summed E-state index contributed by atoms with van der Waals surface area (Å²) in [5.41, 5.74) is -1.46. The molecule has 0 amide bonds. The van der Waals surface area contributed by atoms with Gasteiger partial charge in [0.2, 0.25) is 0 Å². The normalized spacial score (nSPS) is 10.8. The van der Waals surface area contributed by atoms with Crippen LogP contribution in [0.2, 0.25) is 0 Å². The van der Waals surface area contributed by atoms with Crippen molar-refractivity contribution in [3.63, 3.8) is 0 Å². The average molecular weight is 265 g/mol. The number of hydrogen-bond donors (Lipinski definition) is 1. The molecule has 0 spiro atoms. The molecule has 0 bridgehead atoms. The number of alkyl halides is 3. The van der Waals surface area contributed by atoms with Crippen LogP contribution in [-0.4, -0.2) is 15.6 Å². The molecule has 1 aromatic heterocycles. The van der Waals surface area contributed by atoms with Crippen LogP contribution in [0.15, 0.2) is 4.79 Å². The molecule has 1 heterocycles. The predicted molar refractivity (Wildman–Crippen MR) is 54.0 cm³/mol. The standard InChI is InChI=1S/C9H6F3NO3S/c1-2-3-4-13-6(9(10,11)12)5(7(14)15)17-8(13)16/h4H2,1H3,(H,14,15). The van der Waals surface area contributed by atoms with Crippen LogP contribution < -0.4 is 4.87 Å². The first kappa shape index (κ1) is 13.3. The zero-order valence-corrected chi connectivity index (χ0v) is 9.28. The van der Waals surface area contributed by atoms with E-state index >= 15 is 0 Å². The third-order valence-electron chi connectivity index (χ3n) is 1.77. The van der Waals surface area contributed by atoms with Crippen LogP contribution in [0, 0.1) is 11.8 Å². The highest BCUT2D eigenvalue weighted by Crippen LogP contribution is 2.33. The Labute approximate surface area is 97.3 Å². The van der Waals surface area contributed by atoms with Crippen molar-refractivity contribution >= 4 is 17.3 Å². The van der Waals surface area contributed by atoms with Crippen LogP contribution in [0.25, 0.3) is 0 Å². The second-order valence-electron chi connectivity index (χ2n) is 2.86. The average Bonchev–Trinajstić information content (AvgIpc) is 2.52. The highest BCUT2D eigenvalue weighted by Gasteiger charge is 2.41. The van der Waals surface area contributed by atoms with E-state index in [4.69, 9.17) is 5.11 Å². The maximum atomic E-state index is 12.6. The number of carboxylic acids is 1. The van der Waals surface area contributed by atoms with Crippen LogP contribution in [0.3, 0.4) is 0 Å². The van der Waals surface area contributed by atoms with Crippen LogP contribution in [-0.2, 0) is 12.7 Å². The molecule has 0 radical (unpaired) electrons. The van der Waals surface area contributed by atoms with Gasteiger partial charge >= 0.3 is 17.0 Å². The van der Waals surface area contributed by atoms with Crippen molar-refractivity contribution in [3.8, 4) is 11.8 Å². The van der Waals surface area contributed by atoms with Crippen molar-refractivity contribution in [2.24, 2.45) is 0 Å². The SMILES string of the molecule is CC#CCn1c(C(F)(F)F)c(C(=O)O)sc1=O. The minimum Gasteiger partial charge on any atom is -0.477 e. The Bertz CT molecular complexity index is 559. The smallest absolute Gasteiger partial charge is 0.433 e. The second-order valence-corrected chi connectivity index (χ2v) is 3.82. The number of nitrogens with zero attached hydrogens (tertiary/aromatic N) is 1. The van der Waals surface area contributed by atoms with E-state index in [2.05, 4.69) is 11.8 Å². The molecule has 92 valence electrons. The van der Waals surface area contributed by atoms with Crippen LogP contribution >= 0.6 is 11.3 Å². The summed E-state index contributed by atoms with van der Waals surface area (Å²) in [5.74, 6) is 2.86. The number of aromatic carboxylic acids is 1. The lowest BCUT2D eigenvalue weighted by molar-refractivity contribution is -0.143. The first-order valence-electron chi connectivity index (χ1n) is 4.22. The summed E-state index contributed by atoms with van der Waals surface area (Å²) >= 11 is 0.0465. The van der Waals surface area contributed by atoms with Gasteiger partial charge in [0.05, 0.1) is 6.54 Å². The summed E-state index contributed by atoms with van der Waals surface area (Å²) in [6.45, 7) is 0.927. The monoisotopic (exact) mass is 265 g/mol. The molecule has 1 rings (SSSR count). The molecule has 1 N–H and O–H groups in total. The number of thiazole rings is 1. The summed E-state index contributed by atoms with van der Waals surface area (Å²) in [6.07, 6.45) is -4.90. The molecule has 8 heteroatoms. The first-order chi connectivity index (χ1) is 7.79. The van der Waals surface area contributed by atoms with Gasteiger partial charge in [0.25, 0.3) is 0 Å². The summed E-state index contributed by atoms with van der Waals surface area (Å²) < 4.78 is 38.3. The molecule has 0 atom stereocenters. The van der Waals surface area contributed by atoms with E-state index in [0.29, 0.717) is 4.57 Å². The van der Waals surface area contributed by atoms with E-state index in [0.717, 1.165) is 0 Å². The molecule has 1 aromatic rings. The lowest BCUT2D eigenvalue weighted by Gasteiger charge is -2.09. The van der Waals surface area contributed by atoms with Gasteiger partial charge in [-0.1, -0.05) is 17.3 Å². The van der Waals surface area contributed by atoms with Crippen molar-refractivity contribution in [1.29, 1.82) is 0 Å². The van der Waals surface area contributed by atoms with Gasteiger partial charge in [-0.2, -0.15) is 13.2 Å². The number of hydrogen-bond acceptors (Lipinski definition) is 3. The van der Waals surface area contributed by atoms with Crippen molar-refractivity contribution in [1.82, 2.24) is 4.57 Å². The number of halogens is 3. The van der Waals surface area contributed by atoms with E-state index in [1.165, 1.54) is 6.92 Å². The highest BCUT2D eigenvalue weighted by molar-refractivity contribution is 7.11. The lowest BCUT2D eigenvalue weighted by atomic mass is 10.3.